The number of amides is 1. The van der Waals surface area contributed by atoms with Crippen LogP contribution >= 0.6 is 0 Å². The zero-order chi connectivity index (χ0) is 18.3. The Bertz CT molecular complexity index is 924. The molecule has 0 radical (unpaired) electrons. The Hall–Kier alpha value is -2.38. The smallest absolute Gasteiger partial charge is 0.240 e. The fourth-order valence-electron chi connectivity index (χ4n) is 3.81. The van der Waals surface area contributed by atoms with Crippen molar-refractivity contribution in [1.82, 2.24) is 4.90 Å². The van der Waals surface area contributed by atoms with Gasteiger partial charge in [0.2, 0.25) is 15.9 Å². The molecule has 6 nitrogen and oxygen atoms in total. The zero-order valence-electron chi connectivity index (χ0n) is 14.3. The van der Waals surface area contributed by atoms with Gasteiger partial charge in [-0.15, -0.1) is 0 Å². The molecule has 0 aromatic heterocycles. The summed E-state index contributed by atoms with van der Waals surface area (Å²) in [5.41, 5.74) is 8.21. The van der Waals surface area contributed by atoms with E-state index >= 15 is 0 Å². The molecule has 1 fully saturated rings. The molecule has 1 amide bonds. The van der Waals surface area contributed by atoms with Crippen LogP contribution in [0.4, 0.5) is 5.69 Å². The van der Waals surface area contributed by atoms with E-state index in [0.29, 0.717) is 19.6 Å². The summed E-state index contributed by atoms with van der Waals surface area (Å²) in [6.07, 6.45) is 0.736. The number of fused-ring (bicyclic) bond motifs is 1. The van der Waals surface area contributed by atoms with Gasteiger partial charge in [-0.2, -0.15) is 0 Å². The zero-order valence-corrected chi connectivity index (χ0v) is 15.1. The molecule has 2 aliphatic heterocycles. The second-order valence-corrected chi connectivity index (χ2v) is 8.92. The standard InChI is InChI=1S/C19H21N3O3S/c20-19(23)18(15-7-2-1-3-8-15)21-12-16(13-21)26(24,25)22-11-10-14-6-4-5-9-17(14)22/h1-9,16,18H,10-13H2,(H2,20,23). The molecule has 4 rings (SSSR count). The molecule has 2 aliphatic rings. The molecule has 2 aromatic rings. The van der Waals surface area contributed by atoms with Crippen LogP contribution in [0.5, 0.6) is 0 Å². The highest BCUT2D eigenvalue weighted by atomic mass is 32.2. The number of nitrogens with two attached hydrogens (primary N) is 1. The van der Waals surface area contributed by atoms with E-state index < -0.39 is 27.2 Å². The topological polar surface area (TPSA) is 83.7 Å². The summed E-state index contributed by atoms with van der Waals surface area (Å²) in [7, 11) is -3.45. The number of para-hydroxylation sites is 1. The molecule has 136 valence electrons. The van der Waals surface area contributed by atoms with Crippen LogP contribution < -0.4 is 10.0 Å². The molecule has 1 saturated heterocycles. The van der Waals surface area contributed by atoms with Crippen LogP contribution in [0.3, 0.4) is 0 Å². The molecule has 2 aromatic carbocycles. The summed E-state index contributed by atoms with van der Waals surface area (Å²) in [6, 6.07) is 16.3. The number of carbonyl (C=O) groups is 1. The van der Waals surface area contributed by atoms with E-state index in [1.54, 1.807) is 0 Å². The Morgan fingerprint density at radius 2 is 1.69 bits per heavy atom. The highest BCUT2D eigenvalue weighted by molar-refractivity contribution is 7.93. The van der Waals surface area contributed by atoms with Gasteiger partial charge in [0.1, 0.15) is 11.3 Å². The molecule has 0 bridgehead atoms. The first-order valence-corrected chi connectivity index (χ1v) is 10.2. The van der Waals surface area contributed by atoms with Gasteiger partial charge in [-0.1, -0.05) is 48.5 Å². The number of hydrogen-bond donors (Lipinski definition) is 1. The summed E-state index contributed by atoms with van der Waals surface area (Å²) >= 11 is 0. The van der Waals surface area contributed by atoms with Crippen molar-refractivity contribution in [1.29, 1.82) is 0 Å². The van der Waals surface area contributed by atoms with Crippen molar-refractivity contribution in [2.24, 2.45) is 5.73 Å². The van der Waals surface area contributed by atoms with Crippen LogP contribution in [-0.2, 0) is 21.2 Å². The maximum absolute atomic E-state index is 13.0. The Balaban J connectivity index is 1.51. The lowest BCUT2D eigenvalue weighted by molar-refractivity contribution is -0.124. The molecule has 7 heteroatoms. The van der Waals surface area contributed by atoms with Gasteiger partial charge in [0.05, 0.1) is 5.69 Å². The molecule has 0 aliphatic carbocycles. The minimum Gasteiger partial charge on any atom is -0.368 e. The van der Waals surface area contributed by atoms with E-state index in [1.165, 1.54) is 4.31 Å². The number of sulfonamides is 1. The first-order valence-electron chi connectivity index (χ1n) is 8.66. The minimum atomic E-state index is -3.45. The molecule has 1 atom stereocenters. The summed E-state index contributed by atoms with van der Waals surface area (Å²) in [5.74, 6) is -0.460. The van der Waals surface area contributed by atoms with Crippen LogP contribution in [-0.4, -0.2) is 44.1 Å². The maximum Gasteiger partial charge on any atom is 0.240 e. The lowest BCUT2D eigenvalue weighted by Crippen LogP contribution is -2.60. The van der Waals surface area contributed by atoms with Gasteiger partial charge in [-0.25, -0.2) is 8.42 Å². The van der Waals surface area contributed by atoms with Gasteiger partial charge in [0.25, 0.3) is 0 Å². The number of hydrogen-bond acceptors (Lipinski definition) is 4. The van der Waals surface area contributed by atoms with Crippen LogP contribution in [0.2, 0.25) is 0 Å². The Labute approximate surface area is 153 Å². The fraction of sp³-hybridized carbons (Fsp3) is 0.316. The van der Waals surface area contributed by atoms with E-state index in [1.807, 2.05) is 59.5 Å². The predicted molar refractivity (Wildman–Crippen MR) is 100 cm³/mol. The van der Waals surface area contributed by atoms with Crippen LogP contribution in [0.15, 0.2) is 54.6 Å². The van der Waals surface area contributed by atoms with Gasteiger partial charge in [-0.3, -0.25) is 14.0 Å². The Kier molecular flexibility index (Phi) is 4.20. The lowest BCUT2D eigenvalue weighted by Gasteiger charge is -2.44. The van der Waals surface area contributed by atoms with Crippen molar-refractivity contribution >= 4 is 21.6 Å². The average Bonchev–Trinajstić information content (AvgIpc) is 3.02. The van der Waals surface area contributed by atoms with E-state index in [9.17, 15) is 13.2 Å². The number of likely N-dealkylation sites (tertiary alicyclic amines) is 1. The van der Waals surface area contributed by atoms with Crippen LogP contribution in [0.25, 0.3) is 0 Å². The van der Waals surface area contributed by atoms with Crippen molar-refractivity contribution in [3.05, 3.63) is 65.7 Å². The monoisotopic (exact) mass is 371 g/mol. The second kappa shape index (κ2) is 6.41. The van der Waals surface area contributed by atoms with Crippen molar-refractivity contribution < 1.29 is 13.2 Å². The van der Waals surface area contributed by atoms with E-state index in [4.69, 9.17) is 5.73 Å². The summed E-state index contributed by atoms with van der Waals surface area (Å²) in [4.78, 5) is 13.8. The summed E-state index contributed by atoms with van der Waals surface area (Å²) < 4.78 is 27.6. The average molecular weight is 371 g/mol. The molecule has 2 N–H and O–H groups in total. The highest BCUT2D eigenvalue weighted by Crippen LogP contribution is 2.35. The van der Waals surface area contributed by atoms with Crippen LogP contribution in [0.1, 0.15) is 17.2 Å². The normalized spacial score (nSPS) is 19.0. The number of carbonyl (C=O) groups excluding carboxylic acids is 1. The number of rotatable bonds is 5. The first-order chi connectivity index (χ1) is 12.5. The SMILES string of the molecule is NC(=O)C(c1ccccc1)N1CC(S(=O)(=O)N2CCc3ccccc32)C1. The first kappa shape index (κ1) is 17.1. The van der Waals surface area contributed by atoms with Crippen molar-refractivity contribution in [3.63, 3.8) is 0 Å². The molecular formula is C19H21N3O3S. The lowest BCUT2D eigenvalue weighted by atomic mass is 10.0. The van der Waals surface area contributed by atoms with Gasteiger partial charge in [-0.05, 0) is 23.6 Å². The van der Waals surface area contributed by atoms with E-state index in [-0.39, 0.29) is 0 Å². The Morgan fingerprint density at radius 3 is 2.38 bits per heavy atom. The third kappa shape index (κ3) is 2.77. The molecule has 0 spiro atoms. The fourth-order valence-corrected chi connectivity index (χ4v) is 5.73. The number of benzene rings is 2. The number of anilines is 1. The molecule has 1 unspecified atom stereocenters. The van der Waals surface area contributed by atoms with Gasteiger partial charge < -0.3 is 5.73 Å². The van der Waals surface area contributed by atoms with Crippen molar-refractivity contribution in [2.45, 2.75) is 17.7 Å². The van der Waals surface area contributed by atoms with E-state index in [2.05, 4.69) is 0 Å². The molecule has 2 heterocycles. The van der Waals surface area contributed by atoms with Gasteiger partial charge >= 0.3 is 0 Å². The molecule has 26 heavy (non-hydrogen) atoms. The molecular weight excluding hydrogens is 350 g/mol. The Morgan fingerprint density at radius 1 is 1.04 bits per heavy atom. The van der Waals surface area contributed by atoms with Crippen LogP contribution in [0, 0.1) is 0 Å². The quantitative estimate of drug-likeness (QED) is 0.858. The summed E-state index contributed by atoms with van der Waals surface area (Å²) in [5, 5.41) is -0.515. The van der Waals surface area contributed by atoms with E-state index in [0.717, 1.165) is 23.2 Å². The van der Waals surface area contributed by atoms with Gasteiger partial charge in [0.15, 0.2) is 0 Å². The third-order valence-electron chi connectivity index (χ3n) is 5.20. The summed E-state index contributed by atoms with van der Waals surface area (Å²) in [6.45, 7) is 1.10. The number of primary amides is 1. The maximum atomic E-state index is 13.0. The molecule has 0 saturated carbocycles. The van der Waals surface area contributed by atoms with Crippen molar-refractivity contribution in [3.8, 4) is 0 Å². The van der Waals surface area contributed by atoms with Crippen molar-refractivity contribution in [2.75, 3.05) is 23.9 Å². The largest absolute Gasteiger partial charge is 0.368 e. The number of nitrogens with zero attached hydrogens (tertiary/aromatic N) is 2. The predicted octanol–water partition coefficient (Wildman–Crippen LogP) is 1.29. The second-order valence-electron chi connectivity index (χ2n) is 6.79. The highest BCUT2D eigenvalue weighted by Gasteiger charge is 2.46. The van der Waals surface area contributed by atoms with Gasteiger partial charge in [0, 0.05) is 19.6 Å². The minimum absolute atomic E-state index is 0.309. The third-order valence-corrected chi connectivity index (χ3v) is 7.33.